The van der Waals surface area contributed by atoms with Crippen LogP contribution < -0.4 is 4.74 Å². The van der Waals surface area contributed by atoms with Crippen molar-refractivity contribution in [2.75, 3.05) is 6.61 Å². The third-order valence-electron chi connectivity index (χ3n) is 1.33. The molecule has 1 rings (SSSR count). The van der Waals surface area contributed by atoms with Crippen LogP contribution in [0.5, 0.6) is 5.75 Å². The van der Waals surface area contributed by atoms with Gasteiger partial charge in [0.25, 0.3) is 0 Å². The smallest absolute Gasteiger partial charge is 0.119 e. The van der Waals surface area contributed by atoms with Gasteiger partial charge in [-0.25, -0.2) is 0 Å². The minimum absolute atomic E-state index is 0. The highest BCUT2D eigenvalue weighted by atomic mass is 32.1. The maximum Gasteiger partial charge on any atom is 0.119 e. The van der Waals surface area contributed by atoms with Crippen molar-refractivity contribution in [3.05, 3.63) is 42.5 Å². The zero-order valence-electron chi connectivity index (χ0n) is 7.16. The maximum atomic E-state index is 5.36. The lowest BCUT2D eigenvalue weighted by Crippen LogP contribution is -1.91. The molecule has 0 aromatic heterocycles. The summed E-state index contributed by atoms with van der Waals surface area (Å²) in [5.74, 6) is 0.922. The number of hydrogen-bond acceptors (Lipinski definition) is 1. The quantitative estimate of drug-likeness (QED) is 0.653. The van der Waals surface area contributed by atoms with Crippen molar-refractivity contribution in [3.63, 3.8) is 0 Å². The molecule has 0 N–H and O–H groups in total. The van der Waals surface area contributed by atoms with Crippen LogP contribution in [0.25, 0.3) is 0 Å². The van der Waals surface area contributed by atoms with Crippen LogP contribution in [0.4, 0.5) is 0 Å². The van der Waals surface area contributed by atoms with Crippen molar-refractivity contribution < 1.29 is 4.74 Å². The minimum Gasteiger partial charge on any atom is -0.490 e. The third-order valence-corrected chi connectivity index (χ3v) is 1.33. The summed E-state index contributed by atoms with van der Waals surface area (Å²) in [7, 11) is 0. The Labute approximate surface area is 80.5 Å². The highest BCUT2D eigenvalue weighted by Gasteiger charge is 1.85. The van der Waals surface area contributed by atoms with Crippen LogP contribution in [0, 0.1) is 0 Å². The Morgan fingerprint density at radius 1 is 1.25 bits per heavy atom. The average Bonchev–Trinajstić information content (AvgIpc) is 2.07. The van der Waals surface area contributed by atoms with Gasteiger partial charge in [-0.15, -0.1) is 0 Å². The summed E-state index contributed by atoms with van der Waals surface area (Å²) in [5.41, 5.74) is 0. The number of para-hydroxylation sites is 1. The SMILES string of the molecule is CC=CCOc1ccccc1.S. The summed E-state index contributed by atoms with van der Waals surface area (Å²) < 4.78 is 5.36. The first-order valence-electron chi connectivity index (χ1n) is 3.72. The minimum atomic E-state index is 0. The second-order valence-corrected chi connectivity index (χ2v) is 2.19. The lowest BCUT2D eigenvalue weighted by molar-refractivity contribution is 0.363. The van der Waals surface area contributed by atoms with Crippen molar-refractivity contribution in [1.82, 2.24) is 0 Å². The monoisotopic (exact) mass is 182 g/mol. The van der Waals surface area contributed by atoms with Crippen LogP contribution in [0.2, 0.25) is 0 Å². The van der Waals surface area contributed by atoms with E-state index in [2.05, 4.69) is 0 Å². The van der Waals surface area contributed by atoms with Gasteiger partial charge >= 0.3 is 0 Å². The van der Waals surface area contributed by atoms with E-state index in [1.807, 2.05) is 49.4 Å². The van der Waals surface area contributed by atoms with E-state index in [0.717, 1.165) is 5.75 Å². The number of allylic oxidation sites excluding steroid dienone is 1. The zero-order valence-corrected chi connectivity index (χ0v) is 8.16. The molecule has 0 saturated carbocycles. The lowest BCUT2D eigenvalue weighted by Gasteiger charge is -2.00. The second kappa shape index (κ2) is 6.80. The Bertz CT molecular complexity index is 219. The highest BCUT2D eigenvalue weighted by molar-refractivity contribution is 7.59. The summed E-state index contributed by atoms with van der Waals surface area (Å²) in [6, 6.07) is 9.80. The summed E-state index contributed by atoms with van der Waals surface area (Å²) in [5, 5.41) is 0. The van der Waals surface area contributed by atoms with E-state index < -0.39 is 0 Å². The molecule has 0 atom stereocenters. The molecule has 0 spiro atoms. The molecule has 0 fully saturated rings. The molecule has 1 nitrogen and oxygen atoms in total. The first-order chi connectivity index (χ1) is 5.43. The van der Waals surface area contributed by atoms with E-state index in [-0.39, 0.29) is 13.5 Å². The fraction of sp³-hybridized carbons (Fsp3) is 0.200. The molecule has 66 valence electrons. The van der Waals surface area contributed by atoms with E-state index >= 15 is 0 Å². The van der Waals surface area contributed by atoms with Crippen LogP contribution >= 0.6 is 13.5 Å². The summed E-state index contributed by atoms with van der Waals surface area (Å²) in [4.78, 5) is 0. The molecule has 0 radical (unpaired) electrons. The molecule has 0 aliphatic carbocycles. The van der Waals surface area contributed by atoms with E-state index in [1.165, 1.54) is 0 Å². The second-order valence-electron chi connectivity index (χ2n) is 2.19. The van der Waals surface area contributed by atoms with Crippen molar-refractivity contribution in [3.8, 4) is 5.75 Å². The van der Waals surface area contributed by atoms with Gasteiger partial charge in [0.2, 0.25) is 0 Å². The summed E-state index contributed by atoms with van der Waals surface area (Å²) in [6.45, 7) is 2.63. The molecular formula is C10H14OS. The summed E-state index contributed by atoms with van der Waals surface area (Å²) in [6.07, 6.45) is 3.95. The van der Waals surface area contributed by atoms with Gasteiger partial charge in [0.05, 0.1) is 0 Å². The lowest BCUT2D eigenvalue weighted by atomic mass is 10.3. The van der Waals surface area contributed by atoms with Gasteiger partial charge in [0.15, 0.2) is 0 Å². The molecule has 0 saturated heterocycles. The van der Waals surface area contributed by atoms with Gasteiger partial charge < -0.3 is 4.74 Å². The largest absolute Gasteiger partial charge is 0.490 e. The number of rotatable bonds is 3. The van der Waals surface area contributed by atoms with Gasteiger partial charge in [-0.1, -0.05) is 30.4 Å². The van der Waals surface area contributed by atoms with Crippen LogP contribution in [0.1, 0.15) is 6.92 Å². The fourth-order valence-electron chi connectivity index (χ4n) is 0.757. The van der Waals surface area contributed by atoms with Crippen molar-refractivity contribution >= 4 is 13.5 Å². The molecule has 2 heteroatoms. The zero-order chi connectivity index (χ0) is 7.94. The van der Waals surface area contributed by atoms with Gasteiger partial charge in [-0.05, 0) is 19.1 Å². The first-order valence-corrected chi connectivity index (χ1v) is 3.72. The van der Waals surface area contributed by atoms with Gasteiger partial charge in [-0.3, -0.25) is 0 Å². The third kappa shape index (κ3) is 4.09. The molecule has 0 aliphatic heterocycles. The van der Waals surface area contributed by atoms with Crippen LogP contribution in [0.3, 0.4) is 0 Å². The highest BCUT2D eigenvalue weighted by Crippen LogP contribution is 2.07. The van der Waals surface area contributed by atoms with Gasteiger partial charge in [0.1, 0.15) is 12.4 Å². The van der Waals surface area contributed by atoms with E-state index in [9.17, 15) is 0 Å². The Morgan fingerprint density at radius 3 is 2.50 bits per heavy atom. The first kappa shape index (κ1) is 11.1. The van der Waals surface area contributed by atoms with E-state index in [4.69, 9.17) is 4.74 Å². The molecule has 0 heterocycles. The molecule has 0 unspecified atom stereocenters. The molecule has 0 bridgehead atoms. The number of benzene rings is 1. The van der Waals surface area contributed by atoms with Gasteiger partial charge in [-0.2, -0.15) is 13.5 Å². The average molecular weight is 182 g/mol. The topological polar surface area (TPSA) is 9.23 Å². The predicted octanol–water partition coefficient (Wildman–Crippen LogP) is 2.75. The number of hydrogen-bond donors (Lipinski definition) is 0. The Kier molecular flexibility index (Phi) is 6.29. The standard InChI is InChI=1S/C10H12O.H2S/c1-2-3-9-11-10-7-5-4-6-8-10;/h2-8H,9H2,1H3;1H2. The predicted molar refractivity (Wildman–Crippen MR) is 57.1 cm³/mol. The molecular weight excluding hydrogens is 168 g/mol. The molecule has 12 heavy (non-hydrogen) atoms. The molecule has 1 aromatic rings. The van der Waals surface area contributed by atoms with Crippen LogP contribution in [-0.4, -0.2) is 6.61 Å². The van der Waals surface area contributed by atoms with Crippen molar-refractivity contribution in [1.29, 1.82) is 0 Å². The number of ether oxygens (including phenoxy) is 1. The van der Waals surface area contributed by atoms with E-state index in [1.54, 1.807) is 0 Å². The van der Waals surface area contributed by atoms with Crippen molar-refractivity contribution in [2.45, 2.75) is 6.92 Å². The Balaban J connectivity index is 0.00000121. The van der Waals surface area contributed by atoms with E-state index in [0.29, 0.717) is 6.61 Å². The maximum absolute atomic E-state index is 5.36. The van der Waals surface area contributed by atoms with Crippen molar-refractivity contribution in [2.24, 2.45) is 0 Å². The van der Waals surface area contributed by atoms with Crippen LogP contribution in [-0.2, 0) is 0 Å². The Hall–Kier alpha value is -0.890. The Morgan fingerprint density at radius 2 is 1.92 bits per heavy atom. The normalized spacial score (nSPS) is 9.42. The van der Waals surface area contributed by atoms with Gasteiger partial charge in [0, 0.05) is 0 Å². The van der Waals surface area contributed by atoms with Crippen LogP contribution in [0.15, 0.2) is 42.5 Å². The fourth-order valence-corrected chi connectivity index (χ4v) is 0.757. The molecule has 0 aliphatic rings. The molecule has 1 aromatic carbocycles. The summed E-state index contributed by atoms with van der Waals surface area (Å²) >= 11 is 0. The molecule has 0 amide bonds.